The van der Waals surface area contributed by atoms with Gasteiger partial charge in [-0.2, -0.15) is 0 Å². The number of hydrogen-bond donors (Lipinski definition) is 1. The van der Waals surface area contributed by atoms with Crippen LogP contribution in [0.4, 0.5) is 5.00 Å². The molecule has 1 unspecified atom stereocenters. The van der Waals surface area contributed by atoms with E-state index in [0.717, 1.165) is 29.7 Å². The summed E-state index contributed by atoms with van der Waals surface area (Å²) in [5, 5.41) is 3.45. The number of rotatable bonds is 8. The number of benzene rings is 1. The van der Waals surface area contributed by atoms with Gasteiger partial charge in [-0.25, -0.2) is 4.79 Å². The maximum Gasteiger partial charge on any atom is 0.341 e. The number of hydrogen-bond acceptors (Lipinski definition) is 6. The van der Waals surface area contributed by atoms with Gasteiger partial charge in [0.25, 0.3) is 5.91 Å². The first kappa shape index (κ1) is 24.1. The van der Waals surface area contributed by atoms with Gasteiger partial charge in [0.05, 0.1) is 18.8 Å². The molecule has 1 aliphatic carbocycles. The van der Waals surface area contributed by atoms with Crippen molar-refractivity contribution in [2.45, 2.75) is 53.9 Å². The molecule has 174 valence electrons. The van der Waals surface area contributed by atoms with Crippen LogP contribution < -0.4 is 14.8 Å². The van der Waals surface area contributed by atoms with Crippen LogP contribution in [0.25, 0.3) is 0 Å². The zero-order chi connectivity index (χ0) is 23.3. The topological polar surface area (TPSA) is 73.9 Å². The normalized spacial score (nSPS) is 15.6. The highest BCUT2D eigenvalue weighted by molar-refractivity contribution is 7.17. The van der Waals surface area contributed by atoms with Crippen LogP contribution in [0.15, 0.2) is 24.3 Å². The van der Waals surface area contributed by atoms with Crippen molar-refractivity contribution in [3.8, 4) is 11.5 Å². The van der Waals surface area contributed by atoms with Gasteiger partial charge in [0.2, 0.25) is 0 Å². The molecule has 6 nitrogen and oxygen atoms in total. The number of esters is 1. The highest BCUT2D eigenvalue weighted by Gasteiger charge is 2.34. The smallest absolute Gasteiger partial charge is 0.341 e. The summed E-state index contributed by atoms with van der Waals surface area (Å²) in [7, 11) is 0. The molecule has 7 heteroatoms. The van der Waals surface area contributed by atoms with Crippen molar-refractivity contribution >= 4 is 28.2 Å². The molecule has 1 aliphatic rings. The Bertz CT molecular complexity index is 960. The van der Waals surface area contributed by atoms with E-state index in [9.17, 15) is 9.59 Å². The van der Waals surface area contributed by atoms with Gasteiger partial charge in [0.15, 0.2) is 18.1 Å². The molecular formula is C25H33NO5S. The summed E-state index contributed by atoms with van der Waals surface area (Å²) in [6.07, 6.45) is 2.74. The SMILES string of the molecule is CCOC(=O)c1c(NC(=O)COc2ccccc2OCC)sc2c1CCC(C(C)(C)C)C2. The summed E-state index contributed by atoms with van der Waals surface area (Å²) >= 11 is 1.48. The van der Waals surface area contributed by atoms with Crippen molar-refractivity contribution in [2.24, 2.45) is 11.3 Å². The fourth-order valence-electron chi connectivity index (χ4n) is 3.98. The van der Waals surface area contributed by atoms with Crippen LogP contribution in [0.2, 0.25) is 0 Å². The van der Waals surface area contributed by atoms with Gasteiger partial charge < -0.3 is 19.5 Å². The zero-order valence-corrected chi connectivity index (χ0v) is 20.4. The van der Waals surface area contributed by atoms with E-state index in [1.807, 2.05) is 19.1 Å². The summed E-state index contributed by atoms with van der Waals surface area (Å²) in [5.74, 6) is 0.930. The van der Waals surface area contributed by atoms with Crippen LogP contribution >= 0.6 is 11.3 Å². The second-order valence-corrected chi connectivity index (χ2v) is 10.1. The minimum absolute atomic E-state index is 0.181. The fraction of sp³-hybridized carbons (Fsp3) is 0.520. The molecule has 1 aromatic carbocycles. The predicted molar refractivity (Wildman–Crippen MR) is 127 cm³/mol. The Morgan fingerprint density at radius 2 is 1.78 bits per heavy atom. The lowest BCUT2D eigenvalue weighted by Gasteiger charge is -2.33. The molecule has 0 saturated heterocycles. The van der Waals surface area contributed by atoms with E-state index >= 15 is 0 Å². The van der Waals surface area contributed by atoms with Crippen molar-refractivity contribution < 1.29 is 23.8 Å². The first-order chi connectivity index (χ1) is 15.2. The summed E-state index contributed by atoms with van der Waals surface area (Å²) in [6.45, 7) is 11.1. The molecule has 0 bridgehead atoms. The quantitative estimate of drug-likeness (QED) is 0.528. The lowest BCUT2D eigenvalue weighted by atomic mass is 9.72. The standard InChI is InChI=1S/C25H33NO5S/c1-6-29-18-10-8-9-11-19(18)31-15-21(27)26-23-22(24(28)30-7-2)17-13-12-16(25(3,4)5)14-20(17)32-23/h8-11,16H,6-7,12-15H2,1-5H3,(H,26,27). The van der Waals surface area contributed by atoms with Gasteiger partial charge in [-0.05, 0) is 62.1 Å². The van der Waals surface area contributed by atoms with Crippen molar-refractivity contribution in [3.63, 3.8) is 0 Å². The van der Waals surface area contributed by atoms with Gasteiger partial charge in [0.1, 0.15) is 5.00 Å². The number of anilines is 1. The van der Waals surface area contributed by atoms with E-state index < -0.39 is 0 Å². The van der Waals surface area contributed by atoms with Crippen molar-refractivity contribution in [1.29, 1.82) is 0 Å². The Balaban J connectivity index is 1.77. The third kappa shape index (κ3) is 5.63. The molecule has 0 aliphatic heterocycles. The summed E-state index contributed by atoms with van der Waals surface area (Å²) in [6, 6.07) is 7.24. The van der Waals surface area contributed by atoms with Crippen LogP contribution in [0.5, 0.6) is 11.5 Å². The maximum atomic E-state index is 12.7. The fourth-order valence-corrected chi connectivity index (χ4v) is 5.31. The van der Waals surface area contributed by atoms with Gasteiger partial charge in [-0.1, -0.05) is 32.9 Å². The molecule has 2 aromatic rings. The molecule has 0 radical (unpaired) electrons. The lowest BCUT2D eigenvalue weighted by molar-refractivity contribution is -0.118. The van der Waals surface area contributed by atoms with Crippen LogP contribution in [0, 0.1) is 11.3 Å². The molecule has 1 N–H and O–H groups in total. The van der Waals surface area contributed by atoms with E-state index in [1.54, 1.807) is 19.1 Å². The summed E-state index contributed by atoms with van der Waals surface area (Å²) < 4.78 is 16.5. The number of nitrogens with one attached hydrogen (secondary N) is 1. The summed E-state index contributed by atoms with van der Waals surface area (Å²) in [4.78, 5) is 26.6. The third-order valence-electron chi connectivity index (χ3n) is 5.73. The number of thiophene rings is 1. The van der Waals surface area contributed by atoms with Gasteiger partial charge in [-0.15, -0.1) is 11.3 Å². The van der Waals surface area contributed by atoms with Gasteiger partial charge in [0, 0.05) is 4.88 Å². The minimum atomic E-state index is -0.378. The Morgan fingerprint density at radius 1 is 1.09 bits per heavy atom. The van der Waals surface area contributed by atoms with E-state index in [1.165, 1.54) is 11.3 Å². The van der Waals surface area contributed by atoms with Crippen LogP contribution in [-0.4, -0.2) is 31.7 Å². The van der Waals surface area contributed by atoms with Crippen molar-refractivity contribution in [3.05, 3.63) is 40.3 Å². The summed E-state index contributed by atoms with van der Waals surface area (Å²) in [5.41, 5.74) is 1.71. The molecular weight excluding hydrogens is 426 g/mol. The minimum Gasteiger partial charge on any atom is -0.490 e. The van der Waals surface area contributed by atoms with E-state index in [-0.39, 0.29) is 23.9 Å². The predicted octanol–water partition coefficient (Wildman–Crippen LogP) is 5.49. The number of fused-ring (bicyclic) bond motifs is 1. The molecule has 0 fully saturated rings. The number of carbonyl (C=O) groups excluding carboxylic acids is 2. The molecule has 3 rings (SSSR count). The van der Waals surface area contributed by atoms with E-state index in [0.29, 0.717) is 41.2 Å². The lowest BCUT2D eigenvalue weighted by Crippen LogP contribution is -2.26. The van der Waals surface area contributed by atoms with Crippen LogP contribution in [-0.2, 0) is 22.4 Å². The number of para-hydroxylation sites is 2. The molecule has 1 atom stereocenters. The second-order valence-electron chi connectivity index (χ2n) is 8.95. The third-order valence-corrected chi connectivity index (χ3v) is 6.90. The Labute approximate surface area is 194 Å². The van der Waals surface area contributed by atoms with Crippen molar-refractivity contribution in [2.75, 3.05) is 25.1 Å². The Hall–Kier alpha value is -2.54. The van der Waals surface area contributed by atoms with E-state index in [4.69, 9.17) is 14.2 Å². The number of carbonyl (C=O) groups is 2. The average Bonchev–Trinajstić information content (AvgIpc) is 3.10. The first-order valence-electron chi connectivity index (χ1n) is 11.2. The van der Waals surface area contributed by atoms with Crippen molar-refractivity contribution in [1.82, 2.24) is 0 Å². The first-order valence-corrected chi connectivity index (χ1v) is 12.0. The van der Waals surface area contributed by atoms with Gasteiger partial charge >= 0.3 is 5.97 Å². The zero-order valence-electron chi connectivity index (χ0n) is 19.6. The molecule has 1 heterocycles. The second kappa shape index (κ2) is 10.4. The Kier molecular flexibility index (Phi) is 7.82. The number of ether oxygens (including phenoxy) is 3. The molecule has 0 saturated carbocycles. The molecule has 1 amide bonds. The van der Waals surface area contributed by atoms with Crippen LogP contribution in [0.1, 0.15) is 61.8 Å². The number of amides is 1. The highest BCUT2D eigenvalue weighted by atomic mass is 32.1. The Morgan fingerprint density at radius 3 is 2.41 bits per heavy atom. The average molecular weight is 460 g/mol. The van der Waals surface area contributed by atoms with Crippen LogP contribution in [0.3, 0.4) is 0 Å². The maximum absolute atomic E-state index is 12.7. The van der Waals surface area contributed by atoms with E-state index in [2.05, 4.69) is 26.1 Å². The molecule has 32 heavy (non-hydrogen) atoms. The molecule has 0 spiro atoms. The van der Waals surface area contributed by atoms with Gasteiger partial charge in [-0.3, -0.25) is 4.79 Å². The highest BCUT2D eigenvalue weighted by Crippen LogP contribution is 2.44. The largest absolute Gasteiger partial charge is 0.490 e. The monoisotopic (exact) mass is 459 g/mol. The molecule has 1 aromatic heterocycles.